The zero-order chi connectivity index (χ0) is 20.1. The molecule has 0 aliphatic carbocycles. The number of benzene rings is 2. The predicted molar refractivity (Wildman–Crippen MR) is 104 cm³/mol. The summed E-state index contributed by atoms with van der Waals surface area (Å²) < 4.78 is 10.7. The summed E-state index contributed by atoms with van der Waals surface area (Å²) in [6, 6.07) is 11.9. The van der Waals surface area contributed by atoms with Crippen molar-refractivity contribution in [1.82, 2.24) is 9.80 Å². The fourth-order valence-corrected chi connectivity index (χ4v) is 3.31. The summed E-state index contributed by atoms with van der Waals surface area (Å²) in [5.41, 5.74) is 1.54. The van der Waals surface area contributed by atoms with Gasteiger partial charge in [0.1, 0.15) is 17.1 Å². The number of rotatable bonds is 6. The molecular weight excluding hydrogens is 362 g/mol. The normalized spacial score (nSPS) is 14.6. The van der Waals surface area contributed by atoms with Gasteiger partial charge in [0, 0.05) is 44.9 Å². The molecular formula is C20H23N3O5. The van der Waals surface area contributed by atoms with Gasteiger partial charge >= 0.3 is 0 Å². The fraction of sp³-hybridized carbons (Fsp3) is 0.350. The van der Waals surface area contributed by atoms with Crippen LogP contribution in [0.2, 0.25) is 0 Å². The number of carbonyl (C=O) groups is 1. The van der Waals surface area contributed by atoms with Crippen LogP contribution in [0.1, 0.15) is 15.9 Å². The number of ether oxygens (including phenoxy) is 2. The second-order valence-electron chi connectivity index (χ2n) is 6.53. The van der Waals surface area contributed by atoms with Crippen molar-refractivity contribution >= 4 is 11.6 Å². The van der Waals surface area contributed by atoms with Gasteiger partial charge in [0.05, 0.1) is 19.1 Å². The molecule has 0 saturated carbocycles. The second kappa shape index (κ2) is 8.71. The molecule has 1 heterocycles. The molecule has 0 atom stereocenters. The largest absolute Gasteiger partial charge is 0.496 e. The van der Waals surface area contributed by atoms with Crippen LogP contribution in [0.25, 0.3) is 0 Å². The van der Waals surface area contributed by atoms with Crippen molar-refractivity contribution in [3.05, 3.63) is 63.7 Å². The summed E-state index contributed by atoms with van der Waals surface area (Å²) in [6.45, 7) is 3.32. The molecule has 1 saturated heterocycles. The van der Waals surface area contributed by atoms with Gasteiger partial charge in [0.15, 0.2) is 0 Å². The molecule has 1 aliphatic rings. The lowest BCUT2D eigenvalue weighted by Gasteiger charge is -2.35. The van der Waals surface area contributed by atoms with E-state index in [0.29, 0.717) is 36.7 Å². The standard InChI is InChI=1S/C20H23N3O5/c1-27-17-4-3-5-18(28-2)19(17)20(24)22-12-10-21(11-13-22)14-15-6-8-16(9-7-15)23(25)26/h3-9H,10-14H2,1-2H3. The first-order valence-electron chi connectivity index (χ1n) is 8.99. The van der Waals surface area contributed by atoms with Crippen molar-refractivity contribution in [2.45, 2.75) is 6.54 Å². The Morgan fingerprint density at radius 3 is 2.07 bits per heavy atom. The summed E-state index contributed by atoms with van der Waals surface area (Å²) >= 11 is 0. The number of hydrogen-bond acceptors (Lipinski definition) is 6. The molecule has 28 heavy (non-hydrogen) atoms. The number of piperazine rings is 1. The fourth-order valence-electron chi connectivity index (χ4n) is 3.31. The zero-order valence-corrected chi connectivity index (χ0v) is 16.0. The van der Waals surface area contributed by atoms with Gasteiger partial charge < -0.3 is 14.4 Å². The Balaban J connectivity index is 1.62. The SMILES string of the molecule is COc1cccc(OC)c1C(=O)N1CCN(Cc2ccc([N+](=O)[O-])cc2)CC1. The highest BCUT2D eigenvalue weighted by molar-refractivity contribution is 5.99. The van der Waals surface area contributed by atoms with Crippen molar-refractivity contribution in [2.24, 2.45) is 0 Å². The highest BCUT2D eigenvalue weighted by atomic mass is 16.6. The molecule has 0 N–H and O–H groups in total. The van der Waals surface area contributed by atoms with Crippen LogP contribution >= 0.6 is 0 Å². The van der Waals surface area contributed by atoms with Crippen LogP contribution in [0.3, 0.4) is 0 Å². The number of nitrogens with zero attached hydrogens (tertiary/aromatic N) is 3. The van der Waals surface area contributed by atoms with E-state index in [1.807, 2.05) is 0 Å². The molecule has 0 radical (unpaired) electrons. The van der Waals surface area contributed by atoms with E-state index in [9.17, 15) is 14.9 Å². The average molecular weight is 385 g/mol. The highest BCUT2D eigenvalue weighted by Gasteiger charge is 2.27. The van der Waals surface area contributed by atoms with E-state index in [2.05, 4.69) is 4.90 Å². The number of carbonyl (C=O) groups excluding carboxylic acids is 1. The Kier molecular flexibility index (Phi) is 6.10. The number of amides is 1. The van der Waals surface area contributed by atoms with Crippen LogP contribution in [-0.4, -0.2) is 61.0 Å². The van der Waals surface area contributed by atoms with E-state index in [4.69, 9.17) is 9.47 Å². The maximum Gasteiger partial charge on any atom is 0.269 e. The lowest BCUT2D eigenvalue weighted by Crippen LogP contribution is -2.48. The van der Waals surface area contributed by atoms with Gasteiger partial charge in [-0.1, -0.05) is 18.2 Å². The van der Waals surface area contributed by atoms with E-state index in [1.54, 1.807) is 35.2 Å². The van der Waals surface area contributed by atoms with Crippen LogP contribution in [0.4, 0.5) is 5.69 Å². The van der Waals surface area contributed by atoms with Crippen LogP contribution in [0, 0.1) is 10.1 Å². The topological polar surface area (TPSA) is 85.2 Å². The van der Waals surface area contributed by atoms with Gasteiger partial charge in [-0.25, -0.2) is 0 Å². The van der Waals surface area contributed by atoms with Gasteiger partial charge in [0.2, 0.25) is 0 Å². The van der Waals surface area contributed by atoms with E-state index in [1.165, 1.54) is 26.4 Å². The maximum absolute atomic E-state index is 13.0. The van der Waals surface area contributed by atoms with E-state index < -0.39 is 4.92 Å². The monoisotopic (exact) mass is 385 g/mol. The predicted octanol–water partition coefficient (Wildman–Crippen LogP) is 2.57. The molecule has 1 aliphatic heterocycles. The molecule has 1 amide bonds. The minimum atomic E-state index is -0.402. The molecule has 3 rings (SSSR count). The average Bonchev–Trinajstić information content (AvgIpc) is 2.73. The van der Waals surface area contributed by atoms with Gasteiger partial charge in [0.25, 0.3) is 11.6 Å². The zero-order valence-electron chi connectivity index (χ0n) is 16.0. The molecule has 0 spiro atoms. The number of methoxy groups -OCH3 is 2. The molecule has 0 bridgehead atoms. The van der Waals surface area contributed by atoms with Crippen LogP contribution in [0.5, 0.6) is 11.5 Å². The van der Waals surface area contributed by atoms with Crippen molar-refractivity contribution in [1.29, 1.82) is 0 Å². The minimum absolute atomic E-state index is 0.0879. The number of nitro groups is 1. The molecule has 0 aromatic heterocycles. The molecule has 8 heteroatoms. The van der Waals surface area contributed by atoms with E-state index in [-0.39, 0.29) is 11.6 Å². The Bertz CT molecular complexity index is 823. The molecule has 0 unspecified atom stereocenters. The minimum Gasteiger partial charge on any atom is -0.496 e. The van der Waals surface area contributed by atoms with Crippen LogP contribution in [-0.2, 0) is 6.54 Å². The molecule has 8 nitrogen and oxygen atoms in total. The van der Waals surface area contributed by atoms with E-state index in [0.717, 1.165) is 18.7 Å². The maximum atomic E-state index is 13.0. The third kappa shape index (κ3) is 4.23. The third-order valence-corrected chi connectivity index (χ3v) is 4.85. The van der Waals surface area contributed by atoms with Gasteiger partial charge in [-0.3, -0.25) is 19.8 Å². The summed E-state index contributed by atoms with van der Waals surface area (Å²) in [7, 11) is 3.07. The first-order valence-corrected chi connectivity index (χ1v) is 8.99. The number of non-ortho nitro benzene ring substituents is 1. The Morgan fingerprint density at radius 1 is 1.00 bits per heavy atom. The van der Waals surface area contributed by atoms with Crippen LogP contribution in [0.15, 0.2) is 42.5 Å². The quantitative estimate of drug-likeness (QED) is 0.561. The second-order valence-corrected chi connectivity index (χ2v) is 6.53. The number of hydrogen-bond donors (Lipinski definition) is 0. The first-order chi connectivity index (χ1) is 13.5. The van der Waals surface area contributed by atoms with Crippen molar-refractivity contribution in [3.8, 4) is 11.5 Å². The Labute approximate surface area is 163 Å². The molecule has 2 aromatic carbocycles. The first kappa shape index (κ1) is 19.6. The van der Waals surface area contributed by atoms with Crippen molar-refractivity contribution in [3.63, 3.8) is 0 Å². The van der Waals surface area contributed by atoms with Crippen molar-refractivity contribution < 1.29 is 19.2 Å². The summed E-state index contributed by atoms with van der Waals surface area (Å²) in [6.07, 6.45) is 0. The number of nitro benzene ring substituents is 1. The third-order valence-electron chi connectivity index (χ3n) is 4.85. The van der Waals surface area contributed by atoms with Crippen LogP contribution < -0.4 is 9.47 Å². The lowest BCUT2D eigenvalue weighted by atomic mass is 10.1. The molecule has 1 fully saturated rings. The van der Waals surface area contributed by atoms with Gasteiger partial charge in [-0.2, -0.15) is 0 Å². The smallest absolute Gasteiger partial charge is 0.269 e. The van der Waals surface area contributed by atoms with Gasteiger partial charge in [-0.15, -0.1) is 0 Å². The molecule has 2 aromatic rings. The highest BCUT2D eigenvalue weighted by Crippen LogP contribution is 2.30. The van der Waals surface area contributed by atoms with E-state index >= 15 is 0 Å². The molecule has 148 valence electrons. The Hall–Kier alpha value is -3.13. The lowest BCUT2D eigenvalue weighted by molar-refractivity contribution is -0.384. The van der Waals surface area contributed by atoms with Gasteiger partial charge in [-0.05, 0) is 17.7 Å². The Morgan fingerprint density at radius 2 is 1.57 bits per heavy atom. The summed E-state index contributed by atoms with van der Waals surface area (Å²) in [5, 5.41) is 10.8. The van der Waals surface area contributed by atoms with Crippen molar-refractivity contribution in [2.75, 3.05) is 40.4 Å². The summed E-state index contributed by atoms with van der Waals surface area (Å²) in [5.74, 6) is 0.889. The summed E-state index contributed by atoms with van der Waals surface area (Å²) in [4.78, 5) is 27.4.